The summed E-state index contributed by atoms with van der Waals surface area (Å²) in [6, 6.07) is 9.06. The normalized spacial score (nSPS) is 19.0. The van der Waals surface area contributed by atoms with Gasteiger partial charge in [0.05, 0.1) is 7.11 Å². The highest BCUT2D eigenvalue weighted by atomic mass is 16.5. The zero-order valence-corrected chi connectivity index (χ0v) is 12.7. The summed E-state index contributed by atoms with van der Waals surface area (Å²) in [7, 11) is 1.31. The molecular weight excluding hydrogens is 282 g/mol. The molecule has 0 aliphatic carbocycles. The molecular formula is C17H21NO4. The summed E-state index contributed by atoms with van der Waals surface area (Å²) in [6.07, 6.45) is 5.25. The number of hydrogen-bond donors (Lipinski definition) is 1. The second-order valence-electron chi connectivity index (χ2n) is 5.13. The summed E-state index contributed by atoms with van der Waals surface area (Å²) in [5.74, 6) is -0.704. The molecule has 22 heavy (non-hydrogen) atoms. The Morgan fingerprint density at radius 2 is 2.18 bits per heavy atom. The van der Waals surface area contributed by atoms with Crippen LogP contribution < -0.4 is 5.32 Å². The highest BCUT2D eigenvalue weighted by Crippen LogP contribution is 2.13. The van der Waals surface area contributed by atoms with Crippen molar-refractivity contribution in [3.8, 4) is 0 Å². The standard InChI is InChI=1S/C17H21NO4/c1-21-17(20)14(18-16(19)15-11-6-12-22-15)10-5-9-13-7-3-2-4-8-13/h2-5,7-9,14-15H,6,10-12H2,1H3,(H,18,19)/b9-5+/t14-,15-/m0/s1. The van der Waals surface area contributed by atoms with Crippen molar-refractivity contribution in [2.75, 3.05) is 13.7 Å². The van der Waals surface area contributed by atoms with E-state index in [-0.39, 0.29) is 5.91 Å². The lowest BCUT2D eigenvalue weighted by atomic mass is 10.1. The van der Waals surface area contributed by atoms with Crippen LogP contribution in [0, 0.1) is 0 Å². The highest BCUT2D eigenvalue weighted by molar-refractivity contribution is 5.87. The number of carbonyl (C=O) groups excluding carboxylic acids is 2. The Labute approximate surface area is 130 Å². The summed E-state index contributed by atoms with van der Waals surface area (Å²) in [5, 5.41) is 2.71. The molecule has 1 aromatic carbocycles. The topological polar surface area (TPSA) is 64.6 Å². The van der Waals surface area contributed by atoms with Crippen molar-refractivity contribution in [2.24, 2.45) is 0 Å². The molecule has 0 bridgehead atoms. The van der Waals surface area contributed by atoms with Crippen LogP contribution in [0.1, 0.15) is 24.8 Å². The van der Waals surface area contributed by atoms with Crippen molar-refractivity contribution in [2.45, 2.75) is 31.4 Å². The third kappa shape index (κ3) is 4.70. The summed E-state index contributed by atoms with van der Waals surface area (Å²) in [4.78, 5) is 23.8. The van der Waals surface area contributed by atoms with Crippen LogP contribution in [-0.4, -0.2) is 37.7 Å². The van der Waals surface area contributed by atoms with E-state index < -0.39 is 18.1 Å². The first-order valence-electron chi connectivity index (χ1n) is 7.42. The molecule has 0 spiro atoms. The smallest absolute Gasteiger partial charge is 0.328 e. The first-order valence-corrected chi connectivity index (χ1v) is 7.42. The highest BCUT2D eigenvalue weighted by Gasteiger charge is 2.28. The van der Waals surface area contributed by atoms with Crippen LogP contribution >= 0.6 is 0 Å². The molecule has 1 saturated heterocycles. The molecule has 1 aliphatic rings. The van der Waals surface area contributed by atoms with Crippen molar-refractivity contribution in [1.82, 2.24) is 5.32 Å². The lowest BCUT2D eigenvalue weighted by molar-refractivity contribution is -0.146. The van der Waals surface area contributed by atoms with Gasteiger partial charge in [-0.05, 0) is 24.8 Å². The van der Waals surface area contributed by atoms with E-state index in [9.17, 15) is 9.59 Å². The molecule has 1 amide bonds. The predicted octanol–water partition coefficient (Wildman–Crippen LogP) is 1.93. The van der Waals surface area contributed by atoms with Crippen molar-refractivity contribution in [3.63, 3.8) is 0 Å². The Morgan fingerprint density at radius 1 is 1.41 bits per heavy atom. The average molecular weight is 303 g/mol. The van der Waals surface area contributed by atoms with E-state index in [0.717, 1.165) is 12.0 Å². The third-order valence-corrected chi connectivity index (χ3v) is 3.51. The number of hydrogen-bond acceptors (Lipinski definition) is 4. The van der Waals surface area contributed by atoms with Crippen molar-refractivity contribution in [3.05, 3.63) is 42.0 Å². The van der Waals surface area contributed by atoms with Gasteiger partial charge in [-0.25, -0.2) is 4.79 Å². The van der Waals surface area contributed by atoms with Gasteiger partial charge in [0.25, 0.3) is 0 Å². The number of nitrogens with one attached hydrogen (secondary N) is 1. The molecule has 0 radical (unpaired) electrons. The van der Waals surface area contributed by atoms with Crippen molar-refractivity contribution in [1.29, 1.82) is 0 Å². The van der Waals surface area contributed by atoms with Crippen LogP contribution in [0.2, 0.25) is 0 Å². The minimum Gasteiger partial charge on any atom is -0.467 e. The van der Waals surface area contributed by atoms with Gasteiger partial charge in [0.1, 0.15) is 12.1 Å². The lowest BCUT2D eigenvalue weighted by Gasteiger charge is -2.17. The summed E-state index contributed by atoms with van der Waals surface area (Å²) >= 11 is 0. The molecule has 0 unspecified atom stereocenters. The van der Waals surface area contributed by atoms with Crippen LogP contribution in [0.4, 0.5) is 0 Å². The van der Waals surface area contributed by atoms with E-state index in [4.69, 9.17) is 9.47 Å². The zero-order valence-electron chi connectivity index (χ0n) is 12.7. The van der Waals surface area contributed by atoms with Gasteiger partial charge in [0.2, 0.25) is 5.91 Å². The third-order valence-electron chi connectivity index (χ3n) is 3.51. The van der Waals surface area contributed by atoms with E-state index in [1.807, 2.05) is 42.5 Å². The molecule has 2 rings (SSSR count). The molecule has 1 N–H and O–H groups in total. The summed E-state index contributed by atoms with van der Waals surface area (Å²) in [6.45, 7) is 0.592. The van der Waals surface area contributed by atoms with Crippen LogP contribution in [-0.2, 0) is 19.1 Å². The van der Waals surface area contributed by atoms with Gasteiger partial charge in [0.15, 0.2) is 0 Å². The first-order chi connectivity index (χ1) is 10.7. The Bertz CT molecular complexity index is 521. The summed E-state index contributed by atoms with van der Waals surface area (Å²) < 4.78 is 10.1. The van der Waals surface area contributed by atoms with Crippen molar-refractivity contribution < 1.29 is 19.1 Å². The number of rotatable bonds is 6. The van der Waals surface area contributed by atoms with Gasteiger partial charge in [-0.1, -0.05) is 42.5 Å². The monoisotopic (exact) mass is 303 g/mol. The van der Waals surface area contributed by atoms with E-state index in [1.165, 1.54) is 7.11 Å². The summed E-state index contributed by atoms with van der Waals surface area (Å²) in [5.41, 5.74) is 1.04. The zero-order chi connectivity index (χ0) is 15.8. The van der Waals surface area contributed by atoms with Gasteiger partial charge in [-0.15, -0.1) is 0 Å². The van der Waals surface area contributed by atoms with E-state index in [1.54, 1.807) is 0 Å². The quantitative estimate of drug-likeness (QED) is 0.816. The molecule has 118 valence electrons. The van der Waals surface area contributed by atoms with Gasteiger partial charge >= 0.3 is 5.97 Å². The molecule has 1 aromatic rings. The number of amides is 1. The fourth-order valence-corrected chi connectivity index (χ4v) is 2.31. The fraction of sp³-hybridized carbons (Fsp3) is 0.412. The number of benzene rings is 1. The van der Waals surface area contributed by atoms with Crippen LogP contribution in [0.25, 0.3) is 6.08 Å². The molecule has 2 atom stereocenters. The maximum absolute atomic E-state index is 12.0. The number of ether oxygens (including phenoxy) is 2. The van der Waals surface area contributed by atoms with E-state index in [2.05, 4.69) is 5.32 Å². The van der Waals surface area contributed by atoms with E-state index >= 15 is 0 Å². The maximum atomic E-state index is 12.0. The van der Waals surface area contributed by atoms with Gasteiger partial charge < -0.3 is 14.8 Å². The van der Waals surface area contributed by atoms with Gasteiger partial charge in [-0.3, -0.25) is 4.79 Å². The van der Waals surface area contributed by atoms with Crippen LogP contribution in [0.5, 0.6) is 0 Å². The maximum Gasteiger partial charge on any atom is 0.328 e. The number of carbonyl (C=O) groups is 2. The molecule has 1 heterocycles. The van der Waals surface area contributed by atoms with Crippen LogP contribution in [0.3, 0.4) is 0 Å². The Hall–Kier alpha value is -2.14. The molecule has 5 heteroatoms. The molecule has 5 nitrogen and oxygen atoms in total. The molecule has 1 fully saturated rings. The molecule has 1 aliphatic heterocycles. The number of methoxy groups -OCH3 is 1. The Kier molecular flexibility index (Phi) is 6.15. The molecule has 0 saturated carbocycles. The minimum atomic E-state index is -0.693. The van der Waals surface area contributed by atoms with Gasteiger partial charge in [-0.2, -0.15) is 0 Å². The Balaban J connectivity index is 1.92. The second-order valence-corrected chi connectivity index (χ2v) is 5.13. The minimum absolute atomic E-state index is 0.249. The number of esters is 1. The first kappa shape index (κ1) is 16.2. The Morgan fingerprint density at radius 3 is 2.82 bits per heavy atom. The lowest BCUT2D eigenvalue weighted by Crippen LogP contribution is -2.45. The molecule has 0 aromatic heterocycles. The van der Waals surface area contributed by atoms with Crippen LogP contribution in [0.15, 0.2) is 36.4 Å². The second kappa shape index (κ2) is 8.34. The van der Waals surface area contributed by atoms with E-state index in [0.29, 0.717) is 19.4 Å². The average Bonchev–Trinajstić information content (AvgIpc) is 3.08. The fourth-order valence-electron chi connectivity index (χ4n) is 2.31. The SMILES string of the molecule is COC(=O)[C@H](C/C=C/c1ccccc1)NC(=O)[C@@H]1CCCO1. The van der Waals surface area contributed by atoms with Crippen molar-refractivity contribution >= 4 is 18.0 Å². The largest absolute Gasteiger partial charge is 0.467 e. The van der Waals surface area contributed by atoms with Gasteiger partial charge in [0, 0.05) is 6.61 Å². The predicted molar refractivity (Wildman–Crippen MR) is 83.0 cm³/mol.